The van der Waals surface area contributed by atoms with Gasteiger partial charge in [-0.05, 0) is 31.2 Å². The van der Waals surface area contributed by atoms with Gasteiger partial charge in [-0.1, -0.05) is 15.9 Å². The highest BCUT2D eigenvalue weighted by atomic mass is 79.9. The number of halogens is 1. The van der Waals surface area contributed by atoms with Crippen molar-refractivity contribution in [1.82, 2.24) is 4.98 Å². The van der Waals surface area contributed by atoms with Gasteiger partial charge in [-0.3, -0.25) is 4.79 Å². The lowest BCUT2D eigenvalue weighted by molar-refractivity contribution is 0.0696. The van der Waals surface area contributed by atoms with Crippen LogP contribution >= 0.6 is 15.9 Å². The Kier molecular flexibility index (Phi) is 2.83. The molecule has 0 spiro atoms. The van der Waals surface area contributed by atoms with Gasteiger partial charge in [0.15, 0.2) is 0 Å². The summed E-state index contributed by atoms with van der Waals surface area (Å²) in [5.74, 6) is -1.12. The van der Waals surface area contributed by atoms with Gasteiger partial charge in [0.1, 0.15) is 5.58 Å². The van der Waals surface area contributed by atoms with Crippen molar-refractivity contribution in [3.63, 3.8) is 0 Å². The monoisotopic (exact) mass is 333 g/mol. The molecule has 0 aliphatic heterocycles. The lowest BCUT2D eigenvalue weighted by Gasteiger charge is -2.04. The van der Waals surface area contributed by atoms with Crippen LogP contribution in [0.2, 0.25) is 0 Å². The Morgan fingerprint density at radius 1 is 1.30 bits per heavy atom. The van der Waals surface area contributed by atoms with E-state index >= 15 is 0 Å². The minimum Gasteiger partial charge on any atom is -0.478 e. The van der Waals surface area contributed by atoms with E-state index in [0.717, 1.165) is 4.47 Å². The van der Waals surface area contributed by atoms with Crippen LogP contribution in [0.1, 0.15) is 16.1 Å². The van der Waals surface area contributed by atoms with E-state index in [1.165, 1.54) is 6.07 Å². The smallest absolute Gasteiger partial charge is 0.337 e. The van der Waals surface area contributed by atoms with E-state index in [2.05, 4.69) is 20.9 Å². The molecule has 0 saturated heterocycles. The van der Waals surface area contributed by atoms with E-state index in [9.17, 15) is 9.59 Å². The maximum atomic E-state index is 12.4. The molecule has 0 fully saturated rings. The van der Waals surface area contributed by atoms with Crippen LogP contribution in [0.3, 0.4) is 0 Å². The molecule has 0 bridgehead atoms. The number of benzene rings is 1. The van der Waals surface area contributed by atoms with Crippen molar-refractivity contribution < 1.29 is 14.3 Å². The van der Waals surface area contributed by atoms with E-state index in [1.54, 1.807) is 25.1 Å². The van der Waals surface area contributed by atoms with Crippen LogP contribution in [0.15, 0.2) is 37.9 Å². The number of carboxylic acids is 1. The lowest BCUT2D eigenvalue weighted by Crippen LogP contribution is -2.08. The summed E-state index contributed by atoms with van der Waals surface area (Å²) >= 11 is 3.29. The van der Waals surface area contributed by atoms with Crippen molar-refractivity contribution in [1.29, 1.82) is 0 Å². The molecular formula is C14H8BrNO4. The number of aromatic carboxylic acids is 1. The van der Waals surface area contributed by atoms with Crippen LogP contribution < -0.4 is 5.43 Å². The quantitative estimate of drug-likeness (QED) is 0.692. The Morgan fingerprint density at radius 3 is 2.75 bits per heavy atom. The molecule has 0 atom stereocenters. The molecule has 1 aromatic carbocycles. The topological polar surface area (TPSA) is 80.4 Å². The SMILES string of the molecule is Cc1nc2oc3ccc(Br)cc3c(=O)c2cc1C(=O)O. The fraction of sp³-hybridized carbons (Fsp3) is 0.0714. The first-order chi connectivity index (χ1) is 9.47. The van der Waals surface area contributed by atoms with Crippen molar-refractivity contribution >= 4 is 44.0 Å². The first kappa shape index (κ1) is 12.8. The second kappa shape index (κ2) is 4.42. The number of hydrogen-bond acceptors (Lipinski definition) is 4. The van der Waals surface area contributed by atoms with Crippen LogP contribution in [0.25, 0.3) is 22.1 Å². The first-order valence-corrected chi connectivity index (χ1v) is 6.53. The van der Waals surface area contributed by atoms with Crippen LogP contribution in [0.5, 0.6) is 0 Å². The zero-order valence-electron chi connectivity index (χ0n) is 10.3. The molecule has 0 aliphatic rings. The third-order valence-corrected chi connectivity index (χ3v) is 3.54. The fourth-order valence-electron chi connectivity index (χ4n) is 2.06. The summed E-state index contributed by atoms with van der Waals surface area (Å²) in [4.78, 5) is 27.6. The summed E-state index contributed by atoms with van der Waals surface area (Å²) in [6.45, 7) is 1.56. The van der Waals surface area contributed by atoms with Gasteiger partial charge in [-0.25, -0.2) is 9.78 Å². The molecule has 2 heterocycles. The van der Waals surface area contributed by atoms with Gasteiger partial charge in [-0.2, -0.15) is 0 Å². The number of rotatable bonds is 1. The van der Waals surface area contributed by atoms with Crippen molar-refractivity contribution in [2.75, 3.05) is 0 Å². The van der Waals surface area contributed by atoms with Crippen LogP contribution in [-0.2, 0) is 0 Å². The average Bonchev–Trinajstić information content (AvgIpc) is 2.39. The summed E-state index contributed by atoms with van der Waals surface area (Å²) in [6, 6.07) is 6.38. The molecule has 3 aromatic rings. The molecule has 2 aromatic heterocycles. The summed E-state index contributed by atoms with van der Waals surface area (Å²) in [5.41, 5.74) is 0.578. The highest BCUT2D eigenvalue weighted by molar-refractivity contribution is 9.10. The van der Waals surface area contributed by atoms with Gasteiger partial charge in [0.05, 0.1) is 22.0 Å². The summed E-state index contributed by atoms with van der Waals surface area (Å²) < 4.78 is 6.32. The van der Waals surface area contributed by atoms with E-state index in [4.69, 9.17) is 9.52 Å². The van der Waals surface area contributed by atoms with Gasteiger partial charge >= 0.3 is 5.97 Å². The number of nitrogens with zero attached hydrogens (tertiary/aromatic N) is 1. The van der Waals surface area contributed by atoms with E-state index in [0.29, 0.717) is 16.7 Å². The summed E-state index contributed by atoms with van der Waals surface area (Å²) in [5, 5.41) is 9.64. The van der Waals surface area contributed by atoms with Gasteiger partial charge in [0.2, 0.25) is 11.1 Å². The molecule has 6 heteroatoms. The van der Waals surface area contributed by atoms with Gasteiger partial charge < -0.3 is 9.52 Å². The predicted molar refractivity (Wildman–Crippen MR) is 77.2 cm³/mol. The zero-order chi connectivity index (χ0) is 14.4. The van der Waals surface area contributed by atoms with E-state index in [1.807, 2.05) is 0 Å². The minimum absolute atomic E-state index is 0.000790. The van der Waals surface area contributed by atoms with Crippen molar-refractivity contribution in [2.45, 2.75) is 6.92 Å². The number of aryl methyl sites for hydroxylation is 1. The molecule has 0 aliphatic carbocycles. The molecule has 1 N–H and O–H groups in total. The highest BCUT2D eigenvalue weighted by Crippen LogP contribution is 2.22. The number of hydrogen-bond donors (Lipinski definition) is 1. The Labute approximate surface area is 121 Å². The number of aromatic nitrogens is 1. The molecule has 5 nitrogen and oxygen atoms in total. The average molecular weight is 334 g/mol. The predicted octanol–water partition coefficient (Wildman–Crippen LogP) is 3.11. The summed E-state index contributed by atoms with van der Waals surface area (Å²) in [6.07, 6.45) is 0. The van der Waals surface area contributed by atoms with Crippen LogP contribution in [0, 0.1) is 6.92 Å². The van der Waals surface area contributed by atoms with Gasteiger partial charge in [0, 0.05) is 4.47 Å². The van der Waals surface area contributed by atoms with Crippen LogP contribution in [0.4, 0.5) is 0 Å². The Balaban J connectivity index is 2.51. The fourth-order valence-corrected chi connectivity index (χ4v) is 2.42. The molecule has 0 amide bonds. The normalized spacial score (nSPS) is 11.1. The summed E-state index contributed by atoms with van der Waals surface area (Å²) in [7, 11) is 0. The van der Waals surface area contributed by atoms with E-state index < -0.39 is 5.97 Å². The molecule has 100 valence electrons. The molecule has 0 saturated carbocycles. The maximum absolute atomic E-state index is 12.4. The second-order valence-corrected chi connectivity index (χ2v) is 5.27. The number of carbonyl (C=O) groups is 1. The standard InChI is InChI=1S/C14H8BrNO4/c1-6-8(14(18)19)5-10-12(17)9-4-7(15)2-3-11(9)20-13(10)16-6/h2-5H,1H3,(H,18,19). The molecular weight excluding hydrogens is 326 g/mol. The number of pyridine rings is 1. The minimum atomic E-state index is -1.12. The maximum Gasteiger partial charge on any atom is 0.337 e. The van der Waals surface area contributed by atoms with Crippen molar-refractivity contribution in [3.05, 3.63) is 50.2 Å². The van der Waals surface area contributed by atoms with Gasteiger partial charge in [0.25, 0.3) is 0 Å². The lowest BCUT2D eigenvalue weighted by atomic mass is 10.1. The second-order valence-electron chi connectivity index (χ2n) is 4.35. The van der Waals surface area contributed by atoms with Gasteiger partial charge in [-0.15, -0.1) is 0 Å². The Hall–Kier alpha value is -2.21. The molecule has 3 rings (SSSR count). The number of carboxylic acid groups (broad SMARTS) is 1. The zero-order valence-corrected chi connectivity index (χ0v) is 11.9. The van der Waals surface area contributed by atoms with Crippen molar-refractivity contribution in [2.24, 2.45) is 0 Å². The molecule has 0 radical (unpaired) electrons. The Morgan fingerprint density at radius 2 is 2.05 bits per heavy atom. The highest BCUT2D eigenvalue weighted by Gasteiger charge is 2.15. The van der Waals surface area contributed by atoms with Crippen LogP contribution in [-0.4, -0.2) is 16.1 Å². The van der Waals surface area contributed by atoms with E-state index in [-0.39, 0.29) is 22.1 Å². The Bertz CT molecular complexity index is 930. The number of fused-ring (bicyclic) bond motifs is 2. The third-order valence-electron chi connectivity index (χ3n) is 3.05. The molecule has 0 unspecified atom stereocenters. The third kappa shape index (κ3) is 1.89. The van der Waals surface area contributed by atoms with Crippen molar-refractivity contribution in [3.8, 4) is 0 Å². The largest absolute Gasteiger partial charge is 0.478 e. The first-order valence-electron chi connectivity index (χ1n) is 5.74. The molecule has 20 heavy (non-hydrogen) atoms.